The summed E-state index contributed by atoms with van der Waals surface area (Å²) in [5, 5.41) is 14.1. The molecular weight excluding hydrogens is 402 g/mol. The summed E-state index contributed by atoms with van der Waals surface area (Å²) < 4.78 is 1.77. The van der Waals surface area contributed by atoms with Gasteiger partial charge in [-0.25, -0.2) is 5.10 Å². The largest absolute Gasteiger partial charge is 0.337 e. The number of hydrogen-bond acceptors (Lipinski definition) is 4. The van der Waals surface area contributed by atoms with Crippen molar-refractivity contribution < 1.29 is 4.79 Å². The number of aromatic nitrogens is 4. The third-order valence-corrected chi connectivity index (χ3v) is 7.64. The van der Waals surface area contributed by atoms with Crippen molar-refractivity contribution in [2.75, 3.05) is 7.05 Å². The highest BCUT2D eigenvalue weighted by molar-refractivity contribution is 6.04. The van der Waals surface area contributed by atoms with Gasteiger partial charge in [0.2, 0.25) is 0 Å². The lowest BCUT2D eigenvalue weighted by Gasteiger charge is -2.59. The second kappa shape index (κ2) is 6.76. The average molecular weight is 428 g/mol. The van der Waals surface area contributed by atoms with Crippen molar-refractivity contribution in [3.8, 4) is 0 Å². The van der Waals surface area contributed by atoms with E-state index in [1.807, 2.05) is 67.5 Å². The quantitative estimate of drug-likeness (QED) is 0.541. The summed E-state index contributed by atoms with van der Waals surface area (Å²) in [5.41, 5.74) is 2.65. The monoisotopic (exact) mass is 427 g/mol. The first kappa shape index (κ1) is 19.2. The Hall–Kier alpha value is -3.48. The van der Waals surface area contributed by atoms with Crippen molar-refractivity contribution in [3.63, 3.8) is 0 Å². The van der Waals surface area contributed by atoms with Crippen molar-refractivity contribution in [2.45, 2.75) is 37.6 Å². The van der Waals surface area contributed by atoms with Gasteiger partial charge >= 0.3 is 0 Å². The first-order chi connectivity index (χ1) is 15.5. The number of benzene rings is 2. The minimum Gasteiger partial charge on any atom is -0.337 e. The molecule has 0 saturated heterocycles. The summed E-state index contributed by atoms with van der Waals surface area (Å²) in [6, 6.07) is 15.8. The molecule has 6 rings (SSSR count). The standard InChI is InChI=1S/C25H25N5O2/c1-29(24(32)22-19-9-5-6-10-20(19)30(2)28-22)16-13-25(14-16)11-15(12-25)21-17-7-3-4-8-18(17)23(31)27-26-21/h3-10,15-16H,11-14H2,1-2H3,(H,27,31). The Morgan fingerprint density at radius 3 is 2.44 bits per heavy atom. The third-order valence-electron chi connectivity index (χ3n) is 7.64. The van der Waals surface area contributed by atoms with Crippen molar-refractivity contribution in [1.82, 2.24) is 24.9 Å². The maximum Gasteiger partial charge on any atom is 0.274 e. The normalized spacial score (nSPS) is 24.4. The minimum atomic E-state index is -0.135. The molecule has 0 bridgehead atoms. The number of carbonyl (C=O) groups excluding carboxylic acids is 1. The number of fused-ring (bicyclic) bond motifs is 2. The Kier molecular flexibility index (Phi) is 4.06. The van der Waals surface area contributed by atoms with Gasteiger partial charge in [-0.15, -0.1) is 0 Å². The number of H-pyrrole nitrogens is 1. The molecule has 7 nitrogen and oxygen atoms in total. The van der Waals surface area contributed by atoms with E-state index in [4.69, 9.17) is 0 Å². The van der Waals surface area contributed by atoms with E-state index < -0.39 is 0 Å². The Labute approximate surface area is 185 Å². The Morgan fingerprint density at radius 2 is 1.69 bits per heavy atom. The van der Waals surface area contributed by atoms with Crippen LogP contribution in [0.1, 0.15) is 47.8 Å². The summed E-state index contributed by atoms with van der Waals surface area (Å²) in [5.74, 6) is 0.351. The van der Waals surface area contributed by atoms with Crippen molar-refractivity contribution in [1.29, 1.82) is 0 Å². The molecule has 1 amide bonds. The topological polar surface area (TPSA) is 83.9 Å². The van der Waals surface area contributed by atoms with Gasteiger partial charge in [-0.3, -0.25) is 14.3 Å². The summed E-state index contributed by atoms with van der Waals surface area (Å²) in [7, 11) is 3.77. The van der Waals surface area contributed by atoms with Crippen LogP contribution in [0.3, 0.4) is 0 Å². The number of nitrogens with zero attached hydrogens (tertiary/aromatic N) is 4. The van der Waals surface area contributed by atoms with E-state index in [1.54, 1.807) is 4.68 Å². The van der Waals surface area contributed by atoms with Gasteiger partial charge in [0.15, 0.2) is 5.69 Å². The second-order valence-corrected chi connectivity index (χ2v) is 9.56. The lowest BCUT2D eigenvalue weighted by atomic mass is 9.49. The zero-order valence-corrected chi connectivity index (χ0v) is 18.2. The van der Waals surface area contributed by atoms with Crippen LogP contribution in [-0.2, 0) is 7.05 Å². The molecule has 2 saturated carbocycles. The van der Waals surface area contributed by atoms with E-state index in [0.717, 1.165) is 47.7 Å². The molecule has 1 spiro atoms. The number of para-hydroxylation sites is 1. The van der Waals surface area contributed by atoms with Crippen LogP contribution in [0, 0.1) is 5.41 Å². The number of aromatic amines is 1. The first-order valence-corrected chi connectivity index (χ1v) is 11.1. The molecule has 7 heteroatoms. The van der Waals surface area contributed by atoms with Gasteiger partial charge in [-0.05, 0) is 43.2 Å². The number of rotatable bonds is 3. The van der Waals surface area contributed by atoms with Crippen molar-refractivity contribution in [3.05, 3.63) is 70.3 Å². The summed E-state index contributed by atoms with van der Waals surface area (Å²) in [6.07, 6.45) is 4.14. The van der Waals surface area contributed by atoms with E-state index >= 15 is 0 Å². The maximum atomic E-state index is 13.2. The van der Waals surface area contributed by atoms with E-state index in [2.05, 4.69) is 15.3 Å². The molecule has 0 radical (unpaired) electrons. The molecule has 0 unspecified atom stereocenters. The van der Waals surface area contributed by atoms with Gasteiger partial charge in [0.05, 0.1) is 16.6 Å². The molecular formula is C25H25N5O2. The van der Waals surface area contributed by atoms with Gasteiger partial charge in [0.25, 0.3) is 11.5 Å². The fraction of sp³-hybridized carbons (Fsp3) is 0.360. The predicted octanol–water partition coefficient (Wildman–Crippen LogP) is 3.61. The molecule has 0 aliphatic heterocycles. The van der Waals surface area contributed by atoms with E-state index in [1.165, 1.54) is 0 Å². The van der Waals surface area contributed by atoms with E-state index in [-0.39, 0.29) is 22.9 Å². The third kappa shape index (κ3) is 2.73. The highest BCUT2D eigenvalue weighted by Crippen LogP contribution is 2.63. The van der Waals surface area contributed by atoms with Gasteiger partial charge in [0, 0.05) is 36.8 Å². The van der Waals surface area contributed by atoms with Crippen LogP contribution < -0.4 is 5.56 Å². The summed E-state index contributed by atoms with van der Waals surface area (Å²) in [6.45, 7) is 0. The van der Waals surface area contributed by atoms with Crippen LogP contribution in [0.5, 0.6) is 0 Å². The second-order valence-electron chi connectivity index (χ2n) is 9.56. The van der Waals surface area contributed by atoms with Gasteiger partial charge in [-0.2, -0.15) is 10.2 Å². The number of hydrogen-bond donors (Lipinski definition) is 1. The molecule has 2 heterocycles. The lowest BCUT2D eigenvalue weighted by molar-refractivity contribution is -0.0531. The molecule has 162 valence electrons. The van der Waals surface area contributed by atoms with Crippen LogP contribution in [0.4, 0.5) is 0 Å². The van der Waals surface area contributed by atoms with Crippen molar-refractivity contribution >= 4 is 27.6 Å². The van der Waals surface area contributed by atoms with Gasteiger partial charge in [0.1, 0.15) is 0 Å². The molecule has 2 aromatic carbocycles. The number of amides is 1. The van der Waals surface area contributed by atoms with Crippen LogP contribution in [0.25, 0.3) is 21.7 Å². The Balaban J connectivity index is 1.16. The first-order valence-electron chi connectivity index (χ1n) is 11.1. The molecule has 4 aromatic rings. The number of nitrogens with one attached hydrogen (secondary N) is 1. The molecule has 2 fully saturated rings. The Bertz CT molecular complexity index is 1420. The van der Waals surface area contributed by atoms with Crippen LogP contribution >= 0.6 is 0 Å². The number of carbonyl (C=O) groups is 1. The molecule has 2 aromatic heterocycles. The summed E-state index contributed by atoms with van der Waals surface area (Å²) >= 11 is 0. The maximum absolute atomic E-state index is 13.2. The van der Waals surface area contributed by atoms with E-state index in [0.29, 0.717) is 17.0 Å². The number of aryl methyl sites for hydroxylation is 1. The van der Waals surface area contributed by atoms with Crippen LogP contribution in [0.2, 0.25) is 0 Å². The smallest absolute Gasteiger partial charge is 0.274 e. The molecule has 1 N–H and O–H groups in total. The summed E-state index contributed by atoms with van der Waals surface area (Å²) in [4.78, 5) is 27.1. The van der Waals surface area contributed by atoms with E-state index in [9.17, 15) is 9.59 Å². The SMILES string of the molecule is CN(C(=O)c1nn(C)c2ccccc12)C1CC2(CC(c3n[nH]c(=O)c4ccccc34)C2)C1. The Morgan fingerprint density at radius 1 is 1.03 bits per heavy atom. The average Bonchev–Trinajstić information content (AvgIpc) is 3.09. The van der Waals surface area contributed by atoms with Crippen molar-refractivity contribution in [2.24, 2.45) is 12.5 Å². The van der Waals surface area contributed by atoms with Crippen LogP contribution in [0.15, 0.2) is 53.3 Å². The molecule has 2 aliphatic carbocycles. The lowest BCUT2D eigenvalue weighted by Crippen LogP contribution is -2.56. The zero-order valence-electron chi connectivity index (χ0n) is 18.2. The molecule has 2 aliphatic rings. The molecule has 0 atom stereocenters. The molecule has 32 heavy (non-hydrogen) atoms. The zero-order chi connectivity index (χ0) is 22.0. The predicted molar refractivity (Wildman–Crippen MR) is 123 cm³/mol. The minimum absolute atomic E-state index is 0.00850. The van der Waals surface area contributed by atoms with Gasteiger partial charge < -0.3 is 4.90 Å². The fourth-order valence-corrected chi connectivity index (χ4v) is 5.88. The van der Waals surface area contributed by atoms with Crippen LogP contribution in [-0.4, -0.2) is 43.9 Å². The highest BCUT2D eigenvalue weighted by atomic mass is 16.2. The fourth-order valence-electron chi connectivity index (χ4n) is 5.88. The highest BCUT2D eigenvalue weighted by Gasteiger charge is 2.55. The van der Waals surface area contributed by atoms with Gasteiger partial charge in [-0.1, -0.05) is 36.4 Å².